The van der Waals surface area contributed by atoms with E-state index in [-0.39, 0.29) is 24.3 Å². The Hall–Kier alpha value is -2.86. The number of aryl methyl sites for hydroxylation is 1. The quantitative estimate of drug-likeness (QED) is 0.309. The second-order valence-corrected chi connectivity index (χ2v) is 11.2. The van der Waals surface area contributed by atoms with Crippen molar-refractivity contribution in [3.05, 3.63) is 70.0 Å². The van der Waals surface area contributed by atoms with Crippen LogP contribution in [-0.4, -0.2) is 66.7 Å². The van der Waals surface area contributed by atoms with Crippen LogP contribution in [0.5, 0.6) is 0 Å². The van der Waals surface area contributed by atoms with Crippen LogP contribution in [0, 0.1) is 12.7 Å². The van der Waals surface area contributed by atoms with E-state index in [0.717, 1.165) is 37.4 Å². The van der Waals surface area contributed by atoms with Crippen LogP contribution in [0.15, 0.2) is 36.4 Å². The third-order valence-electron chi connectivity index (χ3n) is 7.99. The number of carbonyl (C=O) groups excluding carboxylic acids is 1. The van der Waals surface area contributed by atoms with Crippen molar-refractivity contribution < 1.29 is 40.3 Å². The highest BCUT2D eigenvalue weighted by Crippen LogP contribution is 2.38. The molecule has 5 nitrogen and oxygen atoms in total. The minimum atomic E-state index is -4.99. The molecule has 0 aliphatic carbocycles. The molecule has 0 radical (unpaired) electrons. The Morgan fingerprint density at radius 2 is 1.60 bits per heavy atom. The third-order valence-corrected chi connectivity index (χ3v) is 7.99. The second kappa shape index (κ2) is 13.2. The number of likely N-dealkylation sites (tertiary alicyclic amines) is 2. The minimum Gasteiger partial charge on any atom is -0.377 e. The summed E-state index contributed by atoms with van der Waals surface area (Å²) in [7, 11) is 1.34. The molecule has 2 saturated heterocycles. The standard InChI is InChI=1S/C30H36F7N3O2/c1-20-14-24(31)6-7-26(20)27-18-25(42-13-12-39-9-4-3-5-10-39)8-11-40(27)28(41)38(2)19-21-15-22(29(32,33)34)17-23(16-21)30(35,36)37/h6-7,14-17,25,27H,3-5,8-13,18-19H2,1-2H3. The SMILES string of the molecule is Cc1cc(F)ccc1C1CC(OCCN2CCCCC2)CCN1C(=O)N(C)Cc1cc(C(F)(F)F)cc(C(F)(F)F)c1. The van der Waals surface area contributed by atoms with E-state index in [4.69, 9.17) is 4.74 Å². The Kier molecular flexibility index (Phi) is 10.1. The molecule has 2 aliphatic rings. The smallest absolute Gasteiger partial charge is 0.377 e. The number of rotatable bonds is 7. The molecule has 0 spiro atoms. The zero-order valence-electron chi connectivity index (χ0n) is 23.7. The van der Waals surface area contributed by atoms with E-state index < -0.39 is 47.9 Å². The van der Waals surface area contributed by atoms with Gasteiger partial charge in [-0.2, -0.15) is 26.3 Å². The molecule has 0 N–H and O–H groups in total. The molecule has 4 rings (SSSR count). The number of halogens is 7. The number of alkyl halides is 6. The van der Waals surface area contributed by atoms with Crippen molar-refractivity contribution in [2.75, 3.05) is 39.8 Å². The predicted molar refractivity (Wildman–Crippen MR) is 143 cm³/mol. The first-order valence-corrected chi connectivity index (χ1v) is 14.1. The van der Waals surface area contributed by atoms with Crippen LogP contribution in [0.1, 0.15) is 66.0 Å². The van der Waals surface area contributed by atoms with E-state index >= 15 is 0 Å². The summed E-state index contributed by atoms with van der Waals surface area (Å²) in [6.07, 6.45) is -5.65. The van der Waals surface area contributed by atoms with Gasteiger partial charge in [0.05, 0.1) is 29.9 Å². The fraction of sp³-hybridized carbons (Fsp3) is 0.567. The number of hydrogen-bond acceptors (Lipinski definition) is 3. The zero-order chi connectivity index (χ0) is 30.7. The van der Waals surface area contributed by atoms with Crippen molar-refractivity contribution in [3.63, 3.8) is 0 Å². The van der Waals surface area contributed by atoms with E-state index in [0.29, 0.717) is 42.7 Å². The summed E-state index contributed by atoms with van der Waals surface area (Å²) < 4.78 is 100. The normalized spacial score (nSPS) is 20.5. The number of nitrogens with zero attached hydrogens (tertiary/aromatic N) is 3. The highest BCUT2D eigenvalue weighted by Gasteiger charge is 2.38. The largest absolute Gasteiger partial charge is 0.416 e. The topological polar surface area (TPSA) is 36.0 Å². The summed E-state index contributed by atoms with van der Waals surface area (Å²) in [6, 6.07) is 4.53. The molecule has 2 aromatic rings. The van der Waals surface area contributed by atoms with Gasteiger partial charge in [0.2, 0.25) is 0 Å². The molecule has 2 heterocycles. The lowest BCUT2D eigenvalue weighted by molar-refractivity contribution is -0.143. The van der Waals surface area contributed by atoms with Gasteiger partial charge in [0.15, 0.2) is 0 Å². The van der Waals surface area contributed by atoms with E-state index in [1.807, 2.05) is 0 Å². The molecule has 2 fully saturated rings. The molecular weight excluding hydrogens is 567 g/mol. The summed E-state index contributed by atoms with van der Waals surface area (Å²) in [4.78, 5) is 18.7. The Balaban J connectivity index is 1.51. The van der Waals surface area contributed by atoms with Gasteiger partial charge in [0.25, 0.3) is 0 Å². The Labute approximate surface area is 241 Å². The number of piperidine rings is 2. The van der Waals surface area contributed by atoms with Gasteiger partial charge in [-0.1, -0.05) is 12.5 Å². The molecule has 2 amide bonds. The average Bonchev–Trinajstić information content (AvgIpc) is 2.92. The summed E-state index contributed by atoms with van der Waals surface area (Å²) in [6.45, 7) is 4.94. The van der Waals surface area contributed by atoms with Crippen LogP contribution in [0.4, 0.5) is 35.5 Å². The molecule has 0 aromatic heterocycles. The monoisotopic (exact) mass is 603 g/mol. The highest BCUT2D eigenvalue weighted by atomic mass is 19.4. The molecule has 0 saturated carbocycles. The van der Waals surface area contributed by atoms with E-state index in [2.05, 4.69) is 4.90 Å². The van der Waals surface area contributed by atoms with Crippen molar-refractivity contribution in [2.24, 2.45) is 0 Å². The lowest BCUT2D eigenvalue weighted by Gasteiger charge is -2.42. The molecular formula is C30H36F7N3O2. The number of amides is 2. The van der Waals surface area contributed by atoms with Crippen molar-refractivity contribution in [2.45, 2.75) is 70.1 Å². The minimum absolute atomic E-state index is 0.0642. The Morgan fingerprint density at radius 1 is 0.952 bits per heavy atom. The predicted octanol–water partition coefficient (Wildman–Crippen LogP) is 7.43. The van der Waals surface area contributed by atoms with Crippen molar-refractivity contribution in [3.8, 4) is 0 Å². The van der Waals surface area contributed by atoms with Gasteiger partial charge in [0.1, 0.15) is 5.82 Å². The number of carbonyl (C=O) groups is 1. The third kappa shape index (κ3) is 8.15. The fourth-order valence-electron chi connectivity index (χ4n) is 5.82. The molecule has 232 valence electrons. The van der Waals surface area contributed by atoms with Crippen molar-refractivity contribution in [1.29, 1.82) is 0 Å². The number of hydrogen-bond donors (Lipinski definition) is 0. The molecule has 42 heavy (non-hydrogen) atoms. The number of urea groups is 1. The van der Waals surface area contributed by atoms with Gasteiger partial charge in [-0.15, -0.1) is 0 Å². The second-order valence-electron chi connectivity index (χ2n) is 11.2. The molecule has 2 unspecified atom stereocenters. The summed E-state index contributed by atoms with van der Waals surface area (Å²) in [5.74, 6) is -0.429. The summed E-state index contributed by atoms with van der Waals surface area (Å²) in [5, 5.41) is 0. The summed E-state index contributed by atoms with van der Waals surface area (Å²) >= 11 is 0. The molecule has 2 atom stereocenters. The first kappa shape index (κ1) is 32.1. The van der Waals surface area contributed by atoms with Gasteiger partial charge in [0, 0.05) is 26.7 Å². The van der Waals surface area contributed by atoms with E-state index in [1.165, 1.54) is 25.6 Å². The Bertz CT molecular complexity index is 1200. The number of benzene rings is 2. The first-order valence-electron chi connectivity index (χ1n) is 14.1. The molecule has 0 bridgehead atoms. The highest BCUT2D eigenvalue weighted by molar-refractivity contribution is 5.75. The van der Waals surface area contributed by atoms with E-state index in [9.17, 15) is 35.5 Å². The number of ether oxygens (including phenoxy) is 1. The Morgan fingerprint density at radius 3 is 2.19 bits per heavy atom. The van der Waals surface area contributed by atoms with Crippen molar-refractivity contribution >= 4 is 6.03 Å². The lowest BCUT2D eigenvalue weighted by atomic mass is 9.90. The summed E-state index contributed by atoms with van der Waals surface area (Å²) in [5.41, 5.74) is -1.83. The zero-order valence-corrected chi connectivity index (χ0v) is 23.7. The van der Waals surface area contributed by atoms with Crippen LogP contribution in [-0.2, 0) is 23.6 Å². The van der Waals surface area contributed by atoms with Gasteiger partial charge in [-0.05, 0) is 92.7 Å². The van der Waals surface area contributed by atoms with Crippen LogP contribution < -0.4 is 0 Å². The van der Waals surface area contributed by atoms with Gasteiger partial charge in [-0.3, -0.25) is 0 Å². The molecule has 12 heteroatoms. The lowest BCUT2D eigenvalue weighted by Crippen LogP contribution is -2.48. The molecule has 2 aliphatic heterocycles. The fourth-order valence-corrected chi connectivity index (χ4v) is 5.82. The van der Waals surface area contributed by atoms with Crippen molar-refractivity contribution in [1.82, 2.24) is 14.7 Å². The molecule has 2 aromatic carbocycles. The first-order chi connectivity index (χ1) is 19.7. The van der Waals surface area contributed by atoms with E-state index in [1.54, 1.807) is 17.9 Å². The van der Waals surface area contributed by atoms with Crippen LogP contribution in [0.3, 0.4) is 0 Å². The maximum atomic E-state index is 13.9. The van der Waals surface area contributed by atoms with Gasteiger partial charge < -0.3 is 19.4 Å². The maximum absolute atomic E-state index is 13.9. The van der Waals surface area contributed by atoms with Gasteiger partial charge >= 0.3 is 18.4 Å². The van der Waals surface area contributed by atoms with Crippen LogP contribution in [0.25, 0.3) is 0 Å². The van der Waals surface area contributed by atoms with Crippen LogP contribution in [0.2, 0.25) is 0 Å². The van der Waals surface area contributed by atoms with Crippen LogP contribution >= 0.6 is 0 Å². The van der Waals surface area contributed by atoms with Gasteiger partial charge in [-0.25, -0.2) is 9.18 Å². The maximum Gasteiger partial charge on any atom is 0.416 e. The average molecular weight is 604 g/mol.